The molecule has 0 spiro atoms. The van der Waals surface area contributed by atoms with Gasteiger partial charge in [0.15, 0.2) is 0 Å². The van der Waals surface area contributed by atoms with Crippen LogP contribution in [0.4, 0.5) is 5.69 Å². The molecule has 2 heterocycles. The van der Waals surface area contributed by atoms with Crippen molar-refractivity contribution in [3.05, 3.63) is 35.9 Å². The van der Waals surface area contributed by atoms with Crippen LogP contribution in [-0.4, -0.2) is 41.5 Å². The molecule has 7 nitrogen and oxygen atoms in total. The molecule has 0 radical (unpaired) electrons. The van der Waals surface area contributed by atoms with Crippen molar-refractivity contribution in [1.29, 1.82) is 0 Å². The molecule has 1 aromatic heterocycles. The first-order valence-corrected chi connectivity index (χ1v) is 8.19. The maximum Gasteiger partial charge on any atom is 0.243 e. The molecule has 2 aromatic rings. The van der Waals surface area contributed by atoms with Crippen LogP contribution in [-0.2, 0) is 23.0 Å². The average Bonchev–Trinajstić information content (AvgIpc) is 2.99. The average molecular weight is 307 g/mol. The lowest BCUT2D eigenvalue weighted by Crippen LogP contribution is -2.27. The summed E-state index contributed by atoms with van der Waals surface area (Å²) in [5.74, 6) is 0.511. The van der Waals surface area contributed by atoms with Crippen LogP contribution in [0.1, 0.15) is 17.8 Å². The molecular formula is C13H17N5O2S. The van der Waals surface area contributed by atoms with Crippen molar-refractivity contribution in [2.45, 2.75) is 24.3 Å². The van der Waals surface area contributed by atoms with Gasteiger partial charge in [-0.3, -0.25) is 5.10 Å². The van der Waals surface area contributed by atoms with Crippen LogP contribution in [0.3, 0.4) is 0 Å². The van der Waals surface area contributed by atoms with Gasteiger partial charge in [-0.2, -0.15) is 9.40 Å². The first-order chi connectivity index (χ1) is 10.1. The number of hydrogen-bond acceptors (Lipinski definition) is 5. The number of aryl methyl sites for hydroxylation is 1. The highest BCUT2D eigenvalue weighted by molar-refractivity contribution is 7.89. The molecule has 21 heavy (non-hydrogen) atoms. The molecule has 8 heteroatoms. The van der Waals surface area contributed by atoms with Gasteiger partial charge in [0.1, 0.15) is 12.2 Å². The Balaban J connectivity index is 1.87. The molecule has 0 unspecified atom stereocenters. The summed E-state index contributed by atoms with van der Waals surface area (Å²) in [6, 6.07) is 5.26. The van der Waals surface area contributed by atoms with E-state index >= 15 is 0 Å². The predicted molar refractivity (Wildman–Crippen MR) is 78.3 cm³/mol. The van der Waals surface area contributed by atoms with Crippen molar-refractivity contribution < 1.29 is 8.42 Å². The van der Waals surface area contributed by atoms with Crippen molar-refractivity contribution in [3.63, 3.8) is 0 Å². The number of hydrogen-bond donors (Lipinski definition) is 2. The maximum absolute atomic E-state index is 12.6. The monoisotopic (exact) mass is 307 g/mol. The lowest BCUT2D eigenvalue weighted by Gasteiger charge is -2.21. The number of nitrogens with one attached hydrogen (secondary N) is 2. The molecule has 1 aliphatic rings. The van der Waals surface area contributed by atoms with Crippen LogP contribution in [0.15, 0.2) is 29.4 Å². The molecule has 2 N–H and O–H groups in total. The summed E-state index contributed by atoms with van der Waals surface area (Å²) < 4.78 is 26.4. The highest BCUT2D eigenvalue weighted by atomic mass is 32.2. The molecule has 0 bridgehead atoms. The number of aromatic nitrogens is 3. The van der Waals surface area contributed by atoms with Crippen molar-refractivity contribution in [3.8, 4) is 0 Å². The first kappa shape index (κ1) is 14.0. The van der Waals surface area contributed by atoms with Gasteiger partial charge in [-0.1, -0.05) is 6.07 Å². The summed E-state index contributed by atoms with van der Waals surface area (Å²) in [6.07, 6.45) is 3.42. The fraction of sp³-hybridized carbons (Fsp3) is 0.385. The Morgan fingerprint density at radius 1 is 1.38 bits per heavy atom. The van der Waals surface area contributed by atoms with Gasteiger partial charge in [-0.25, -0.2) is 13.4 Å². The Labute approximate surface area is 123 Å². The Hall–Kier alpha value is -1.93. The maximum atomic E-state index is 12.6. The highest BCUT2D eigenvalue weighted by Gasteiger charge is 2.23. The van der Waals surface area contributed by atoms with Gasteiger partial charge in [0.2, 0.25) is 10.0 Å². The highest BCUT2D eigenvalue weighted by Crippen LogP contribution is 2.26. The van der Waals surface area contributed by atoms with Crippen LogP contribution in [0.5, 0.6) is 0 Å². The molecule has 0 saturated heterocycles. The van der Waals surface area contributed by atoms with Gasteiger partial charge in [0.25, 0.3) is 0 Å². The van der Waals surface area contributed by atoms with Gasteiger partial charge in [-0.05, 0) is 30.5 Å². The van der Waals surface area contributed by atoms with Gasteiger partial charge in [-0.15, -0.1) is 0 Å². The smallest absolute Gasteiger partial charge is 0.243 e. The fourth-order valence-electron chi connectivity index (χ4n) is 2.38. The number of anilines is 1. The zero-order valence-corrected chi connectivity index (χ0v) is 12.5. The molecule has 1 aliphatic heterocycles. The minimum absolute atomic E-state index is 0.160. The second-order valence-electron chi connectivity index (χ2n) is 5.04. The van der Waals surface area contributed by atoms with E-state index in [-0.39, 0.29) is 11.4 Å². The zero-order chi connectivity index (χ0) is 14.9. The van der Waals surface area contributed by atoms with E-state index in [9.17, 15) is 8.42 Å². The van der Waals surface area contributed by atoms with Crippen molar-refractivity contribution in [2.24, 2.45) is 0 Å². The van der Waals surface area contributed by atoms with Crippen LogP contribution in [0.25, 0.3) is 0 Å². The minimum atomic E-state index is -3.54. The van der Waals surface area contributed by atoms with Crippen LogP contribution in [0.2, 0.25) is 0 Å². The SMILES string of the molecule is CN(Cc1ncn[nH]1)S(=O)(=O)c1ccc2c(c1)NCCC2. The molecule has 0 atom stereocenters. The zero-order valence-electron chi connectivity index (χ0n) is 11.7. The lowest BCUT2D eigenvalue weighted by atomic mass is 10.0. The van der Waals surface area contributed by atoms with Gasteiger partial charge in [0, 0.05) is 19.3 Å². The van der Waals surface area contributed by atoms with E-state index in [0.717, 1.165) is 30.6 Å². The van der Waals surface area contributed by atoms with E-state index < -0.39 is 10.0 Å². The third-order valence-corrected chi connectivity index (χ3v) is 5.36. The van der Waals surface area contributed by atoms with Crippen LogP contribution >= 0.6 is 0 Å². The topological polar surface area (TPSA) is 91.0 Å². The largest absolute Gasteiger partial charge is 0.385 e. The molecule has 112 valence electrons. The summed E-state index contributed by atoms with van der Waals surface area (Å²) in [7, 11) is -2.01. The number of fused-ring (bicyclic) bond motifs is 1. The number of H-pyrrole nitrogens is 1. The second kappa shape index (κ2) is 5.45. The molecule has 1 aromatic carbocycles. The number of aromatic amines is 1. The minimum Gasteiger partial charge on any atom is -0.385 e. The van der Waals surface area contributed by atoms with Crippen molar-refractivity contribution in [1.82, 2.24) is 19.5 Å². The standard InChI is InChI=1S/C13H17N5O2S/c1-18(8-13-15-9-16-17-13)21(19,20)11-5-4-10-3-2-6-14-12(10)7-11/h4-5,7,9,14H,2-3,6,8H2,1H3,(H,15,16,17). The normalized spacial score (nSPS) is 14.8. The molecule has 0 fully saturated rings. The molecule has 0 aliphatic carbocycles. The van der Waals surface area contributed by atoms with E-state index in [1.54, 1.807) is 12.1 Å². The molecular weight excluding hydrogens is 290 g/mol. The van der Waals surface area contributed by atoms with E-state index in [2.05, 4.69) is 20.5 Å². The van der Waals surface area contributed by atoms with Gasteiger partial charge < -0.3 is 5.32 Å². The third-order valence-electron chi connectivity index (χ3n) is 3.57. The molecule has 3 rings (SSSR count). The third kappa shape index (κ3) is 2.77. The van der Waals surface area contributed by atoms with E-state index in [0.29, 0.717) is 5.82 Å². The number of sulfonamides is 1. The Bertz CT molecular complexity index is 727. The number of rotatable bonds is 4. The molecule has 0 saturated carbocycles. The molecule has 0 amide bonds. The quantitative estimate of drug-likeness (QED) is 0.879. The Kier molecular flexibility index (Phi) is 3.64. The van der Waals surface area contributed by atoms with E-state index in [4.69, 9.17) is 0 Å². The van der Waals surface area contributed by atoms with Crippen LogP contribution < -0.4 is 5.32 Å². The number of nitrogens with zero attached hydrogens (tertiary/aromatic N) is 3. The Morgan fingerprint density at radius 2 is 2.24 bits per heavy atom. The number of benzene rings is 1. The first-order valence-electron chi connectivity index (χ1n) is 6.75. The fourth-order valence-corrected chi connectivity index (χ4v) is 3.54. The van der Waals surface area contributed by atoms with E-state index in [1.165, 1.54) is 17.7 Å². The van der Waals surface area contributed by atoms with Crippen molar-refractivity contribution >= 4 is 15.7 Å². The summed E-state index contributed by atoms with van der Waals surface area (Å²) in [5, 5.41) is 9.63. The van der Waals surface area contributed by atoms with Gasteiger partial charge >= 0.3 is 0 Å². The summed E-state index contributed by atoms with van der Waals surface area (Å²) in [4.78, 5) is 4.24. The van der Waals surface area contributed by atoms with Gasteiger partial charge in [0.05, 0.1) is 11.4 Å². The van der Waals surface area contributed by atoms with E-state index in [1.807, 2.05) is 6.07 Å². The second-order valence-corrected chi connectivity index (χ2v) is 7.09. The summed E-state index contributed by atoms with van der Waals surface area (Å²) in [6.45, 7) is 1.04. The summed E-state index contributed by atoms with van der Waals surface area (Å²) in [5.41, 5.74) is 2.08. The summed E-state index contributed by atoms with van der Waals surface area (Å²) >= 11 is 0. The lowest BCUT2D eigenvalue weighted by molar-refractivity contribution is 0.457. The Morgan fingerprint density at radius 3 is 3.00 bits per heavy atom. The van der Waals surface area contributed by atoms with Crippen LogP contribution in [0, 0.1) is 0 Å². The predicted octanol–water partition coefficient (Wildman–Crippen LogP) is 0.983. The van der Waals surface area contributed by atoms with Crippen molar-refractivity contribution in [2.75, 3.05) is 18.9 Å².